The second-order valence-electron chi connectivity index (χ2n) is 7.07. The Labute approximate surface area is 226 Å². The number of halogens is 4. The summed E-state index contributed by atoms with van der Waals surface area (Å²) in [6.07, 6.45) is 1.85. The zero-order valence-corrected chi connectivity index (χ0v) is 23.5. The molecule has 1 amide bonds. The van der Waals surface area contributed by atoms with Crippen LogP contribution >= 0.6 is 71.2 Å². The van der Waals surface area contributed by atoms with E-state index >= 15 is 0 Å². The minimum absolute atomic E-state index is 0.103. The molecule has 33 heavy (non-hydrogen) atoms. The Morgan fingerprint density at radius 2 is 1.79 bits per heavy atom. The molecule has 1 aliphatic rings. The molecule has 0 aliphatic carbocycles. The molecule has 0 saturated carbocycles. The number of likely N-dealkylation sites (N-methyl/N-ethyl adjacent to an activating group) is 1. The summed E-state index contributed by atoms with van der Waals surface area (Å²) in [5.41, 5.74) is 2.64. The summed E-state index contributed by atoms with van der Waals surface area (Å²) in [5.74, 6) is 0.630. The molecule has 1 heterocycles. The van der Waals surface area contributed by atoms with Crippen LogP contribution in [0.3, 0.4) is 0 Å². The Balaban J connectivity index is 1.49. The number of hydrogen-bond donors (Lipinski definition) is 0. The molecule has 3 aromatic rings. The average Bonchev–Trinajstić information content (AvgIpc) is 3.04. The van der Waals surface area contributed by atoms with E-state index in [0.29, 0.717) is 27.4 Å². The summed E-state index contributed by atoms with van der Waals surface area (Å²) >= 11 is 17.9. The molecular weight excluding hydrogens is 656 g/mol. The van der Waals surface area contributed by atoms with Crippen molar-refractivity contribution in [2.24, 2.45) is 4.99 Å². The first-order chi connectivity index (χ1) is 15.8. The minimum Gasteiger partial charge on any atom is -0.488 e. The molecule has 0 aromatic heterocycles. The standard InChI is InChI=1S/C24H16Br3ClN2O2S/c1-30-23(31)22(33-24(30)29-17-7-8-18(26)20(28)12-17)11-15-4-9-21(19(27)10-15)32-13-14-2-5-16(25)6-3-14/h2-12H,13H2,1H3/b22-11-,29-24?. The molecule has 0 atom stereocenters. The first-order valence-corrected chi connectivity index (χ1v) is 13.3. The van der Waals surface area contributed by atoms with Crippen molar-refractivity contribution in [3.05, 3.63) is 95.1 Å². The van der Waals surface area contributed by atoms with Crippen molar-refractivity contribution in [2.45, 2.75) is 6.61 Å². The molecule has 3 aromatic carbocycles. The lowest BCUT2D eigenvalue weighted by Gasteiger charge is -2.09. The van der Waals surface area contributed by atoms with Crippen molar-refractivity contribution in [2.75, 3.05) is 7.05 Å². The van der Waals surface area contributed by atoms with Gasteiger partial charge in [0.25, 0.3) is 5.91 Å². The number of benzene rings is 3. The van der Waals surface area contributed by atoms with E-state index in [2.05, 4.69) is 52.8 Å². The Bertz CT molecular complexity index is 1280. The number of carbonyl (C=O) groups is 1. The third-order valence-electron chi connectivity index (χ3n) is 4.69. The van der Waals surface area contributed by atoms with Gasteiger partial charge in [0.05, 0.1) is 20.1 Å². The summed E-state index contributed by atoms with van der Waals surface area (Å²) in [5, 5.41) is 1.16. The number of thioether (sulfide) groups is 1. The fourth-order valence-electron chi connectivity index (χ4n) is 2.93. The monoisotopic (exact) mass is 668 g/mol. The zero-order valence-electron chi connectivity index (χ0n) is 17.2. The van der Waals surface area contributed by atoms with Gasteiger partial charge in [-0.25, -0.2) is 4.99 Å². The van der Waals surface area contributed by atoms with Crippen LogP contribution in [-0.2, 0) is 11.4 Å². The molecule has 168 valence electrons. The third-order valence-corrected chi connectivity index (χ3v) is 8.13. The molecule has 0 N–H and O–H groups in total. The fourth-order valence-corrected chi connectivity index (χ4v) is 5.12. The molecule has 0 spiro atoms. The smallest absolute Gasteiger partial charge is 0.266 e. The molecule has 4 nitrogen and oxygen atoms in total. The lowest BCUT2D eigenvalue weighted by molar-refractivity contribution is -0.121. The number of carbonyl (C=O) groups excluding carboxylic acids is 1. The van der Waals surface area contributed by atoms with Gasteiger partial charge in [0.15, 0.2) is 5.17 Å². The molecule has 0 radical (unpaired) electrons. The highest BCUT2D eigenvalue weighted by Gasteiger charge is 2.30. The molecular formula is C24H16Br3ClN2O2S. The van der Waals surface area contributed by atoms with Gasteiger partial charge in [-0.15, -0.1) is 0 Å². The van der Waals surface area contributed by atoms with E-state index in [9.17, 15) is 4.79 Å². The van der Waals surface area contributed by atoms with Crippen LogP contribution in [0, 0.1) is 0 Å². The maximum Gasteiger partial charge on any atom is 0.266 e. The van der Waals surface area contributed by atoms with Gasteiger partial charge in [-0.05, 0) is 103 Å². The maximum atomic E-state index is 12.7. The number of rotatable bonds is 5. The summed E-state index contributed by atoms with van der Waals surface area (Å²) < 4.78 is 8.58. The van der Waals surface area contributed by atoms with E-state index in [1.165, 1.54) is 16.7 Å². The van der Waals surface area contributed by atoms with Crippen LogP contribution in [0.4, 0.5) is 5.69 Å². The minimum atomic E-state index is -0.103. The number of nitrogens with zero attached hydrogens (tertiary/aromatic N) is 2. The Hall–Kier alpha value is -1.58. The number of aliphatic imine (C=N–C) groups is 1. The number of ether oxygens (including phenoxy) is 1. The van der Waals surface area contributed by atoms with Crippen LogP contribution in [0.25, 0.3) is 6.08 Å². The van der Waals surface area contributed by atoms with E-state index in [-0.39, 0.29) is 5.91 Å². The SMILES string of the molecule is CN1C(=O)/C(=C/c2ccc(OCc3ccc(Br)cc3)c(Br)c2)SC1=Nc1ccc(Br)c(Cl)c1. The summed E-state index contributed by atoms with van der Waals surface area (Å²) in [6, 6.07) is 19.2. The first kappa shape index (κ1) is 24.5. The number of amides is 1. The highest BCUT2D eigenvalue weighted by Crippen LogP contribution is 2.35. The summed E-state index contributed by atoms with van der Waals surface area (Å²) in [4.78, 5) is 19.5. The van der Waals surface area contributed by atoms with Crippen molar-refractivity contribution in [3.8, 4) is 5.75 Å². The van der Waals surface area contributed by atoms with Gasteiger partial charge in [0.1, 0.15) is 12.4 Å². The van der Waals surface area contributed by atoms with Crippen molar-refractivity contribution < 1.29 is 9.53 Å². The van der Waals surface area contributed by atoms with Gasteiger partial charge < -0.3 is 4.74 Å². The zero-order chi connectivity index (χ0) is 23.5. The summed E-state index contributed by atoms with van der Waals surface area (Å²) in [6.45, 7) is 0.464. The second-order valence-corrected chi connectivity index (χ2v) is 11.1. The van der Waals surface area contributed by atoms with E-state index in [4.69, 9.17) is 16.3 Å². The molecule has 0 bridgehead atoms. The van der Waals surface area contributed by atoms with Gasteiger partial charge in [0.2, 0.25) is 0 Å². The van der Waals surface area contributed by atoms with E-state index in [1.54, 1.807) is 13.1 Å². The van der Waals surface area contributed by atoms with Gasteiger partial charge in [0, 0.05) is 16.0 Å². The van der Waals surface area contributed by atoms with Crippen LogP contribution in [0.2, 0.25) is 5.02 Å². The maximum absolute atomic E-state index is 12.7. The van der Waals surface area contributed by atoms with Crippen LogP contribution < -0.4 is 4.74 Å². The van der Waals surface area contributed by atoms with E-state index in [0.717, 1.165) is 30.3 Å². The molecule has 1 aliphatic heterocycles. The second kappa shape index (κ2) is 10.8. The van der Waals surface area contributed by atoms with Crippen molar-refractivity contribution >= 4 is 94.0 Å². The van der Waals surface area contributed by atoms with Crippen molar-refractivity contribution in [3.63, 3.8) is 0 Å². The van der Waals surface area contributed by atoms with Gasteiger partial charge >= 0.3 is 0 Å². The largest absolute Gasteiger partial charge is 0.488 e. The summed E-state index contributed by atoms with van der Waals surface area (Å²) in [7, 11) is 1.71. The highest BCUT2D eigenvalue weighted by molar-refractivity contribution is 9.11. The van der Waals surface area contributed by atoms with E-state index < -0.39 is 0 Å². The number of hydrogen-bond acceptors (Lipinski definition) is 4. The Morgan fingerprint density at radius 3 is 2.48 bits per heavy atom. The Kier molecular flexibility index (Phi) is 8.02. The van der Waals surface area contributed by atoms with Gasteiger partial charge in [-0.1, -0.05) is 45.7 Å². The molecule has 9 heteroatoms. The first-order valence-electron chi connectivity index (χ1n) is 9.68. The van der Waals surface area contributed by atoms with Crippen LogP contribution in [-0.4, -0.2) is 23.0 Å². The van der Waals surface area contributed by atoms with Crippen LogP contribution in [0.1, 0.15) is 11.1 Å². The predicted molar refractivity (Wildman–Crippen MR) is 147 cm³/mol. The molecule has 4 rings (SSSR count). The molecule has 0 unspecified atom stereocenters. The van der Waals surface area contributed by atoms with E-state index in [1.807, 2.05) is 60.7 Å². The fraction of sp³-hybridized carbons (Fsp3) is 0.0833. The predicted octanol–water partition coefficient (Wildman–Crippen LogP) is 8.44. The Morgan fingerprint density at radius 1 is 1.03 bits per heavy atom. The lowest BCUT2D eigenvalue weighted by atomic mass is 10.2. The lowest BCUT2D eigenvalue weighted by Crippen LogP contribution is -2.23. The normalized spacial score (nSPS) is 16.2. The molecule has 1 saturated heterocycles. The van der Waals surface area contributed by atoms with Crippen LogP contribution in [0.15, 0.2) is 84.0 Å². The number of amidine groups is 1. The van der Waals surface area contributed by atoms with Gasteiger partial charge in [-0.2, -0.15) is 0 Å². The third kappa shape index (κ3) is 6.11. The topological polar surface area (TPSA) is 41.9 Å². The molecule has 1 fully saturated rings. The quantitative estimate of drug-likeness (QED) is 0.256. The highest BCUT2D eigenvalue weighted by atomic mass is 79.9. The van der Waals surface area contributed by atoms with Crippen molar-refractivity contribution in [1.82, 2.24) is 4.90 Å². The van der Waals surface area contributed by atoms with Crippen molar-refractivity contribution in [1.29, 1.82) is 0 Å². The average molecular weight is 672 g/mol. The van der Waals surface area contributed by atoms with Crippen LogP contribution in [0.5, 0.6) is 5.75 Å². The van der Waals surface area contributed by atoms with Gasteiger partial charge in [-0.3, -0.25) is 9.69 Å².